The highest BCUT2D eigenvalue weighted by Gasteiger charge is 2.41. The number of carbonyl (C=O) groups is 1. The van der Waals surface area contributed by atoms with E-state index in [0.717, 1.165) is 11.8 Å². The molecule has 1 aromatic rings. The van der Waals surface area contributed by atoms with Gasteiger partial charge in [-0.05, 0) is 18.1 Å². The number of aliphatic carboxylic acids is 1. The predicted molar refractivity (Wildman–Crippen MR) is 58.6 cm³/mol. The maximum Gasteiger partial charge on any atom is 0.325 e. The Balaban J connectivity index is 2.01. The van der Waals surface area contributed by atoms with Crippen molar-refractivity contribution in [1.29, 1.82) is 0 Å². The molecule has 17 heavy (non-hydrogen) atoms. The minimum atomic E-state index is -1.18. The topological polar surface area (TPSA) is 79.5 Å². The third-order valence-electron chi connectivity index (χ3n) is 2.97. The van der Waals surface area contributed by atoms with Crippen LogP contribution in [-0.4, -0.2) is 39.6 Å². The fraction of sp³-hybridized carbons (Fsp3) is 0.455. The molecule has 1 fully saturated rings. The van der Waals surface area contributed by atoms with E-state index in [1.807, 2.05) is 4.90 Å². The SMILES string of the molecule is NC1(C(=O)O)CCN(Cc2cncc(F)c2)C1. The van der Waals surface area contributed by atoms with Gasteiger partial charge in [-0.25, -0.2) is 4.39 Å². The van der Waals surface area contributed by atoms with Crippen LogP contribution in [0.1, 0.15) is 12.0 Å². The van der Waals surface area contributed by atoms with Crippen molar-refractivity contribution in [3.8, 4) is 0 Å². The lowest BCUT2D eigenvalue weighted by Gasteiger charge is -2.19. The Morgan fingerprint density at radius 1 is 1.65 bits per heavy atom. The number of carboxylic acid groups (broad SMARTS) is 1. The highest BCUT2D eigenvalue weighted by Crippen LogP contribution is 2.20. The van der Waals surface area contributed by atoms with Crippen molar-refractivity contribution >= 4 is 5.97 Å². The second-order valence-corrected chi connectivity index (χ2v) is 4.43. The van der Waals surface area contributed by atoms with Crippen LogP contribution in [0.3, 0.4) is 0 Å². The summed E-state index contributed by atoms with van der Waals surface area (Å²) in [4.78, 5) is 16.6. The first-order valence-corrected chi connectivity index (χ1v) is 5.34. The van der Waals surface area contributed by atoms with Crippen LogP contribution < -0.4 is 5.73 Å². The number of hydrogen-bond acceptors (Lipinski definition) is 4. The second kappa shape index (κ2) is 4.38. The number of carboxylic acids is 1. The number of pyridine rings is 1. The average molecular weight is 239 g/mol. The van der Waals surface area contributed by atoms with Crippen molar-refractivity contribution in [1.82, 2.24) is 9.88 Å². The van der Waals surface area contributed by atoms with Crippen LogP contribution in [-0.2, 0) is 11.3 Å². The monoisotopic (exact) mass is 239 g/mol. The summed E-state index contributed by atoms with van der Waals surface area (Å²) in [6.07, 6.45) is 3.11. The first-order chi connectivity index (χ1) is 7.99. The molecule has 1 atom stereocenters. The zero-order valence-electron chi connectivity index (χ0n) is 9.27. The van der Waals surface area contributed by atoms with E-state index in [2.05, 4.69) is 4.98 Å². The number of halogens is 1. The molecule has 0 aliphatic carbocycles. The molecule has 0 saturated carbocycles. The van der Waals surface area contributed by atoms with Gasteiger partial charge in [0, 0.05) is 25.8 Å². The summed E-state index contributed by atoms with van der Waals surface area (Å²) in [5, 5.41) is 8.98. The molecule has 3 N–H and O–H groups in total. The lowest BCUT2D eigenvalue weighted by molar-refractivity contribution is -0.142. The number of aromatic nitrogens is 1. The van der Waals surface area contributed by atoms with Crippen molar-refractivity contribution in [2.24, 2.45) is 5.73 Å². The fourth-order valence-corrected chi connectivity index (χ4v) is 2.02. The van der Waals surface area contributed by atoms with Crippen LogP contribution >= 0.6 is 0 Å². The standard InChI is InChI=1S/C11H14FN3O2/c12-9-3-8(4-14-5-9)6-15-2-1-11(13,7-15)10(16)17/h3-5H,1-2,6-7,13H2,(H,16,17). The van der Waals surface area contributed by atoms with Crippen LogP contribution in [0.5, 0.6) is 0 Å². The summed E-state index contributed by atoms with van der Waals surface area (Å²) >= 11 is 0. The molecule has 92 valence electrons. The summed E-state index contributed by atoms with van der Waals surface area (Å²) < 4.78 is 12.9. The molecule has 0 amide bonds. The summed E-state index contributed by atoms with van der Waals surface area (Å²) in [7, 11) is 0. The third kappa shape index (κ3) is 2.59. The molecule has 0 aromatic carbocycles. The molecule has 2 rings (SSSR count). The predicted octanol–water partition coefficient (Wildman–Crippen LogP) is 0.208. The van der Waals surface area contributed by atoms with Crippen molar-refractivity contribution in [3.05, 3.63) is 29.8 Å². The summed E-state index contributed by atoms with van der Waals surface area (Å²) in [6, 6.07) is 1.39. The molecule has 0 bridgehead atoms. The van der Waals surface area contributed by atoms with Gasteiger partial charge < -0.3 is 10.8 Å². The second-order valence-electron chi connectivity index (χ2n) is 4.43. The zero-order chi connectivity index (χ0) is 12.5. The molecular formula is C11H14FN3O2. The van der Waals surface area contributed by atoms with Gasteiger partial charge in [0.05, 0.1) is 6.20 Å². The molecule has 1 aromatic heterocycles. The van der Waals surface area contributed by atoms with Gasteiger partial charge >= 0.3 is 5.97 Å². The number of likely N-dealkylation sites (tertiary alicyclic amines) is 1. The lowest BCUT2D eigenvalue weighted by Crippen LogP contribution is -2.50. The molecule has 0 radical (unpaired) electrons. The number of hydrogen-bond donors (Lipinski definition) is 2. The average Bonchev–Trinajstić information content (AvgIpc) is 2.61. The third-order valence-corrected chi connectivity index (χ3v) is 2.97. The van der Waals surface area contributed by atoms with Crippen LogP contribution in [0.2, 0.25) is 0 Å². The number of nitrogens with zero attached hydrogens (tertiary/aromatic N) is 2. The molecule has 2 heterocycles. The van der Waals surface area contributed by atoms with E-state index in [-0.39, 0.29) is 12.4 Å². The van der Waals surface area contributed by atoms with E-state index in [9.17, 15) is 9.18 Å². The molecule has 1 unspecified atom stereocenters. The van der Waals surface area contributed by atoms with Crippen LogP contribution in [0.4, 0.5) is 4.39 Å². The first-order valence-electron chi connectivity index (χ1n) is 5.34. The summed E-state index contributed by atoms with van der Waals surface area (Å²) in [5.41, 5.74) is 5.29. The minimum absolute atomic E-state index is 0.277. The van der Waals surface area contributed by atoms with Gasteiger partial charge in [-0.15, -0.1) is 0 Å². The number of rotatable bonds is 3. The van der Waals surface area contributed by atoms with E-state index in [1.54, 1.807) is 6.20 Å². The molecular weight excluding hydrogens is 225 g/mol. The first kappa shape index (κ1) is 11.9. The van der Waals surface area contributed by atoms with Gasteiger partial charge in [0.15, 0.2) is 0 Å². The molecule has 0 spiro atoms. The van der Waals surface area contributed by atoms with Crippen LogP contribution in [0, 0.1) is 5.82 Å². The summed E-state index contributed by atoms with van der Waals surface area (Å²) in [6.45, 7) is 1.34. The Kier molecular flexibility index (Phi) is 3.08. The maximum absolute atomic E-state index is 12.9. The summed E-state index contributed by atoms with van der Waals surface area (Å²) in [5.74, 6) is -1.38. The highest BCUT2D eigenvalue weighted by molar-refractivity contribution is 5.79. The molecule has 6 heteroatoms. The molecule has 1 aliphatic rings. The Labute approximate surface area is 98.1 Å². The highest BCUT2D eigenvalue weighted by atomic mass is 19.1. The number of nitrogens with two attached hydrogens (primary N) is 1. The fourth-order valence-electron chi connectivity index (χ4n) is 2.02. The van der Waals surface area contributed by atoms with E-state index >= 15 is 0 Å². The van der Waals surface area contributed by atoms with Gasteiger partial charge in [0.1, 0.15) is 11.4 Å². The normalized spacial score (nSPS) is 25.1. The van der Waals surface area contributed by atoms with Crippen LogP contribution in [0.15, 0.2) is 18.5 Å². The van der Waals surface area contributed by atoms with Crippen molar-refractivity contribution < 1.29 is 14.3 Å². The largest absolute Gasteiger partial charge is 0.480 e. The van der Waals surface area contributed by atoms with E-state index in [1.165, 1.54) is 6.07 Å². The molecule has 1 aliphatic heterocycles. The van der Waals surface area contributed by atoms with E-state index in [4.69, 9.17) is 10.8 Å². The lowest BCUT2D eigenvalue weighted by atomic mass is 10.0. The Morgan fingerprint density at radius 2 is 2.41 bits per heavy atom. The van der Waals surface area contributed by atoms with Gasteiger partial charge in [-0.1, -0.05) is 0 Å². The minimum Gasteiger partial charge on any atom is -0.480 e. The van der Waals surface area contributed by atoms with Crippen molar-refractivity contribution in [2.45, 2.75) is 18.5 Å². The van der Waals surface area contributed by atoms with Gasteiger partial charge in [-0.2, -0.15) is 0 Å². The Morgan fingerprint density at radius 3 is 3.00 bits per heavy atom. The van der Waals surface area contributed by atoms with Gasteiger partial charge in [0.25, 0.3) is 0 Å². The quantitative estimate of drug-likeness (QED) is 0.788. The van der Waals surface area contributed by atoms with E-state index < -0.39 is 11.5 Å². The van der Waals surface area contributed by atoms with E-state index in [0.29, 0.717) is 19.5 Å². The zero-order valence-corrected chi connectivity index (χ0v) is 9.27. The van der Waals surface area contributed by atoms with Crippen LogP contribution in [0.25, 0.3) is 0 Å². The van der Waals surface area contributed by atoms with Gasteiger partial charge in [0.2, 0.25) is 0 Å². The smallest absolute Gasteiger partial charge is 0.325 e. The maximum atomic E-state index is 12.9. The van der Waals surface area contributed by atoms with Crippen molar-refractivity contribution in [3.63, 3.8) is 0 Å². The van der Waals surface area contributed by atoms with Gasteiger partial charge in [-0.3, -0.25) is 14.7 Å². The molecule has 5 nitrogen and oxygen atoms in total. The molecule has 1 saturated heterocycles. The Bertz CT molecular complexity index is 440. The Hall–Kier alpha value is -1.53. The van der Waals surface area contributed by atoms with Crippen molar-refractivity contribution in [2.75, 3.05) is 13.1 Å².